The zero-order chi connectivity index (χ0) is 21.2. The zero-order valence-electron chi connectivity index (χ0n) is 16.9. The van der Waals surface area contributed by atoms with Crippen LogP contribution in [-0.4, -0.2) is 12.2 Å². The first-order chi connectivity index (χ1) is 14.0. The third kappa shape index (κ3) is 7.25. The van der Waals surface area contributed by atoms with Gasteiger partial charge in [0, 0.05) is 17.1 Å². The lowest BCUT2D eigenvalue weighted by Gasteiger charge is -2.08. The summed E-state index contributed by atoms with van der Waals surface area (Å²) in [5.74, 6) is 0.467. The van der Waals surface area contributed by atoms with Crippen molar-refractivity contribution in [2.75, 3.05) is 7.05 Å². The van der Waals surface area contributed by atoms with Crippen LogP contribution < -0.4 is 5.32 Å². The molecule has 2 rings (SSSR count). The Balaban J connectivity index is 2.07. The standard InChI is InChI=1S/C25H27Cl2NO/c1-4-21-10-7-20(15-23(21)17-28-3)8-11-24(27)13-18(2)5-6-19-9-12-25(29)22(14-19)16-26/h5-15,28-29H,2,4,16-17H2,1,3H3/b6-5+,11-8+,24-13-. The fourth-order valence-electron chi connectivity index (χ4n) is 2.92. The summed E-state index contributed by atoms with van der Waals surface area (Å²) < 4.78 is 0. The fraction of sp³-hybridized carbons (Fsp3) is 0.200. The van der Waals surface area contributed by atoms with Crippen molar-refractivity contribution in [3.05, 3.63) is 99.6 Å². The van der Waals surface area contributed by atoms with Crippen molar-refractivity contribution in [2.45, 2.75) is 25.8 Å². The molecule has 2 N–H and O–H groups in total. The summed E-state index contributed by atoms with van der Waals surface area (Å²) >= 11 is 12.2. The van der Waals surface area contributed by atoms with Crippen LogP contribution >= 0.6 is 23.2 Å². The number of aromatic hydroxyl groups is 1. The molecule has 0 aliphatic rings. The minimum absolute atomic E-state index is 0.203. The molecule has 0 aliphatic heterocycles. The number of phenols is 1. The molecule has 0 saturated carbocycles. The molecule has 2 aromatic carbocycles. The molecule has 0 radical (unpaired) electrons. The van der Waals surface area contributed by atoms with Crippen molar-refractivity contribution in [2.24, 2.45) is 0 Å². The Morgan fingerprint density at radius 2 is 1.69 bits per heavy atom. The second-order valence-corrected chi connectivity index (χ2v) is 7.41. The highest BCUT2D eigenvalue weighted by molar-refractivity contribution is 6.31. The lowest BCUT2D eigenvalue weighted by Crippen LogP contribution is -2.07. The molecule has 0 fully saturated rings. The van der Waals surface area contributed by atoms with E-state index >= 15 is 0 Å². The summed E-state index contributed by atoms with van der Waals surface area (Å²) in [6.07, 6.45) is 10.5. The van der Waals surface area contributed by atoms with Crippen LogP contribution in [0.1, 0.15) is 34.7 Å². The van der Waals surface area contributed by atoms with Crippen LogP contribution in [0.2, 0.25) is 0 Å². The van der Waals surface area contributed by atoms with Gasteiger partial charge in [0.05, 0.1) is 5.88 Å². The Hall–Kier alpha value is -2.26. The van der Waals surface area contributed by atoms with E-state index in [9.17, 15) is 5.11 Å². The lowest BCUT2D eigenvalue weighted by molar-refractivity contribution is 0.470. The largest absolute Gasteiger partial charge is 0.508 e. The van der Waals surface area contributed by atoms with E-state index in [1.807, 2.05) is 49.6 Å². The van der Waals surface area contributed by atoms with Gasteiger partial charge in [0.15, 0.2) is 0 Å². The minimum Gasteiger partial charge on any atom is -0.508 e. The smallest absolute Gasteiger partial charge is 0.120 e. The first-order valence-electron chi connectivity index (χ1n) is 9.53. The van der Waals surface area contributed by atoms with Crippen LogP contribution in [0.3, 0.4) is 0 Å². The summed E-state index contributed by atoms with van der Waals surface area (Å²) in [6.45, 7) is 7.03. The van der Waals surface area contributed by atoms with Crippen LogP contribution in [0.5, 0.6) is 5.75 Å². The van der Waals surface area contributed by atoms with Gasteiger partial charge in [0.1, 0.15) is 5.75 Å². The normalized spacial score (nSPS) is 12.2. The highest BCUT2D eigenvalue weighted by atomic mass is 35.5. The van der Waals surface area contributed by atoms with Gasteiger partial charge in [-0.05, 0) is 65.6 Å². The molecule has 0 atom stereocenters. The van der Waals surface area contributed by atoms with E-state index in [1.165, 1.54) is 11.1 Å². The third-order valence-electron chi connectivity index (χ3n) is 4.47. The van der Waals surface area contributed by atoms with E-state index in [0.717, 1.165) is 29.7 Å². The van der Waals surface area contributed by atoms with Gasteiger partial charge >= 0.3 is 0 Å². The van der Waals surface area contributed by atoms with Crippen LogP contribution in [0.15, 0.2) is 71.8 Å². The van der Waals surface area contributed by atoms with Crippen molar-refractivity contribution in [1.29, 1.82) is 0 Å². The number of alkyl halides is 1. The SMILES string of the molecule is C=C(/C=C(Cl)/C=C/c1ccc(CC)c(CNC)c1)/C=C/c1ccc(O)c(CCl)c1. The maximum atomic E-state index is 9.70. The molecule has 2 aromatic rings. The second kappa shape index (κ2) is 11.7. The average molecular weight is 428 g/mol. The molecule has 0 unspecified atom stereocenters. The molecule has 2 nitrogen and oxygen atoms in total. The van der Waals surface area contributed by atoms with E-state index in [0.29, 0.717) is 10.6 Å². The van der Waals surface area contributed by atoms with E-state index < -0.39 is 0 Å². The number of phenolic OH excluding ortho intramolecular Hbond substituents is 1. The topological polar surface area (TPSA) is 32.3 Å². The average Bonchev–Trinajstić information content (AvgIpc) is 2.72. The van der Waals surface area contributed by atoms with Gasteiger partial charge in [0.2, 0.25) is 0 Å². The molecule has 0 bridgehead atoms. The van der Waals surface area contributed by atoms with Crippen molar-refractivity contribution >= 4 is 35.4 Å². The summed E-state index contributed by atoms with van der Waals surface area (Å²) in [5, 5.41) is 13.5. The highest BCUT2D eigenvalue weighted by Crippen LogP contribution is 2.22. The molecule has 0 amide bonds. The molecule has 0 aliphatic carbocycles. The third-order valence-corrected chi connectivity index (χ3v) is 5.00. The molecule has 29 heavy (non-hydrogen) atoms. The van der Waals surface area contributed by atoms with Gasteiger partial charge in [-0.3, -0.25) is 0 Å². The number of halogens is 2. The highest BCUT2D eigenvalue weighted by Gasteiger charge is 2.01. The van der Waals surface area contributed by atoms with Gasteiger partial charge in [-0.15, -0.1) is 11.6 Å². The maximum absolute atomic E-state index is 9.70. The van der Waals surface area contributed by atoms with Gasteiger partial charge in [-0.2, -0.15) is 0 Å². The predicted molar refractivity (Wildman–Crippen MR) is 127 cm³/mol. The van der Waals surface area contributed by atoms with Crippen molar-refractivity contribution < 1.29 is 5.11 Å². The summed E-state index contributed by atoms with van der Waals surface area (Å²) in [6, 6.07) is 11.8. The monoisotopic (exact) mass is 427 g/mol. The van der Waals surface area contributed by atoms with Crippen LogP contribution in [0.4, 0.5) is 0 Å². The Bertz CT molecular complexity index is 942. The number of hydrogen-bond donors (Lipinski definition) is 2. The molecular weight excluding hydrogens is 401 g/mol. The molecular formula is C25H27Cl2NO. The van der Waals surface area contributed by atoms with Crippen LogP contribution in [0.25, 0.3) is 12.2 Å². The molecule has 0 spiro atoms. The van der Waals surface area contributed by atoms with Crippen molar-refractivity contribution in [3.8, 4) is 5.75 Å². The molecule has 0 aromatic heterocycles. The first-order valence-corrected chi connectivity index (χ1v) is 10.4. The van der Waals surface area contributed by atoms with Crippen molar-refractivity contribution in [1.82, 2.24) is 5.32 Å². The number of allylic oxidation sites excluding steroid dienone is 5. The van der Waals surface area contributed by atoms with E-state index in [2.05, 4.69) is 37.0 Å². The van der Waals surface area contributed by atoms with Crippen LogP contribution in [0, 0.1) is 0 Å². The number of benzene rings is 2. The van der Waals surface area contributed by atoms with Gasteiger partial charge in [0.25, 0.3) is 0 Å². The quantitative estimate of drug-likeness (QED) is 0.339. The first kappa shape index (κ1) is 23.0. The maximum Gasteiger partial charge on any atom is 0.120 e. The Labute approximate surface area is 183 Å². The molecule has 0 heterocycles. The Morgan fingerprint density at radius 1 is 1.03 bits per heavy atom. The van der Waals surface area contributed by atoms with Gasteiger partial charge in [-0.1, -0.05) is 67.6 Å². The van der Waals surface area contributed by atoms with Gasteiger partial charge < -0.3 is 10.4 Å². The molecule has 4 heteroatoms. The molecule has 152 valence electrons. The number of nitrogens with one attached hydrogen (secondary N) is 1. The number of aryl methyl sites for hydroxylation is 1. The van der Waals surface area contributed by atoms with E-state index in [1.54, 1.807) is 6.07 Å². The fourth-order valence-corrected chi connectivity index (χ4v) is 3.34. The summed E-state index contributed by atoms with van der Waals surface area (Å²) in [7, 11) is 1.95. The van der Waals surface area contributed by atoms with E-state index in [-0.39, 0.29) is 11.6 Å². The number of rotatable bonds is 9. The minimum atomic E-state index is 0.203. The molecule has 0 saturated heterocycles. The lowest BCUT2D eigenvalue weighted by atomic mass is 10.0. The van der Waals surface area contributed by atoms with Crippen molar-refractivity contribution in [3.63, 3.8) is 0 Å². The van der Waals surface area contributed by atoms with E-state index in [4.69, 9.17) is 23.2 Å². The summed E-state index contributed by atoms with van der Waals surface area (Å²) in [5.41, 5.74) is 6.17. The Morgan fingerprint density at radius 3 is 2.34 bits per heavy atom. The zero-order valence-corrected chi connectivity index (χ0v) is 18.4. The predicted octanol–water partition coefficient (Wildman–Crippen LogP) is 6.82. The summed E-state index contributed by atoms with van der Waals surface area (Å²) in [4.78, 5) is 0. The second-order valence-electron chi connectivity index (χ2n) is 6.70. The Kier molecular flexibility index (Phi) is 9.27. The number of hydrogen-bond acceptors (Lipinski definition) is 2. The van der Waals surface area contributed by atoms with Crippen LogP contribution in [-0.2, 0) is 18.8 Å². The van der Waals surface area contributed by atoms with Gasteiger partial charge in [-0.25, -0.2) is 0 Å².